The lowest BCUT2D eigenvalue weighted by atomic mass is 10.0. The Balaban J connectivity index is 0.000000460. The fourth-order valence-corrected chi connectivity index (χ4v) is 6.99. The predicted molar refractivity (Wildman–Crippen MR) is 264 cm³/mol. The fourth-order valence-electron chi connectivity index (χ4n) is 5.50. The van der Waals surface area contributed by atoms with E-state index in [-0.39, 0.29) is 63.3 Å². The fraction of sp³-hybridized carbons (Fsp3) is 0.442. The van der Waals surface area contributed by atoms with Crippen LogP contribution >= 0.6 is 53.8 Å². The van der Waals surface area contributed by atoms with Crippen LogP contribution in [0.15, 0.2) is 54.6 Å². The minimum atomic E-state index is -3.10. The van der Waals surface area contributed by atoms with E-state index in [0.717, 1.165) is 43.0 Å². The molecule has 3 unspecified atom stereocenters. The number of carboxylic acids is 1. The van der Waals surface area contributed by atoms with E-state index >= 15 is 0 Å². The molecule has 1 amide bonds. The van der Waals surface area contributed by atoms with Crippen LogP contribution in [0.3, 0.4) is 0 Å². The molecule has 0 aliphatic carbocycles. The van der Waals surface area contributed by atoms with Crippen molar-refractivity contribution in [2.75, 3.05) is 61.6 Å². The third-order valence-corrected chi connectivity index (χ3v) is 10.5. The van der Waals surface area contributed by atoms with Gasteiger partial charge in [-0.3, -0.25) is 24.3 Å². The number of nitrogens with one attached hydrogen (secondary N) is 2. The van der Waals surface area contributed by atoms with Crippen LogP contribution in [0.2, 0.25) is 15.3 Å². The first-order chi connectivity index (χ1) is 31.2. The lowest BCUT2D eigenvalue weighted by molar-refractivity contribution is -0.385. The number of aryl methyl sites for hydroxylation is 2. The van der Waals surface area contributed by atoms with E-state index in [1.165, 1.54) is 24.9 Å². The quantitative estimate of drug-likeness (QED) is 0.0216. The van der Waals surface area contributed by atoms with Crippen LogP contribution in [-0.4, -0.2) is 111 Å². The van der Waals surface area contributed by atoms with Crippen molar-refractivity contribution < 1.29 is 48.1 Å². The number of esters is 1. The molecule has 1 heterocycles. The normalized spacial score (nSPS) is 12.4. The van der Waals surface area contributed by atoms with Crippen LogP contribution in [-0.2, 0) is 30.0 Å². The zero-order chi connectivity index (χ0) is 51.2. The van der Waals surface area contributed by atoms with Gasteiger partial charge in [-0.05, 0) is 101 Å². The molecule has 4 rings (SSSR count). The molecule has 6 N–H and O–H groups in total. The minimum Gasteiger partial charge on any atom is -0.480 e. The monoisotopic (exact) mass is 1030 g/mol. The maximum atomic E-state index is 12.2. The highest BCUT2D eigenvalue weighted by atomic mass is 35.5. The second-order valence-corrected chi connectivity index (χ2v) is 19.4. The zero-order valence-corrected chi connectivity index (χ0v) is 42.9. The molecule has 0 bridgehead atoms. The van der Waals surface area contributed by atoms with Crippen LogP contribution in [0.5, 0.6) is 11.5 Å². The second kappa shape index (κ2) is 29.1. The van der Waals surface area contributed by atoms with E-state index in [1.807, 2.05) is 53.7 Å². The van der Waals surface area contributed by atoms with E-state index < -0.39 is 30.3 Å². The van der Waals surface area contributed by atoms with Crippen LogP contribution in [0, 0.1) is 17.0 Å². The number of amides is 1. The maximum absolute atomic E-state index is 12.2. The third kappa shape index (κ3) is 22.2. The molecule has 0 saturated heterocycles. The number of aromatic nitrogens is 3. The van der Waals surface area contributed by atoms with E-state index in [0.29, 0.717) is 29.3 Å². The van der Waals surface area contributed by atoms with E-state index in [2.05, 4.69) is 43.3 Å². The molecular weight excluding hydrogens is 977 g/mol. The van der Waals surface area contributed by atoms with Crippen molar-refractivity contribution in [3.05, 3.63) is 96.7 Å². The van der Waals surface area contributed by atoms with Crippen molar-refractivity contribution in [2.45, 2.75) is 78.9 Å². The molecule has 0 radical (unpaired) electrons. The molecule has 0 aliphatic rings. The van der Waals surface area contributed by atoms with Crippen molar-refractivity contribution in [1.29, 1.82) is 0 Å². The summed E-state index contributed by atoms with van der Waals surface area (Å²) >= 11 is 23.3. The highest BCUT2D eigenvalue weighted by molar-refractivity contribution is 7.57. The van der Waals surface area contributed by atoms with Gasteiger partial charge in [-0.2, -0.15) is 15.0 Å². The lowest BCUT2D eigenvalue weighted by Gasteiger charge is -2.31. The maximum Gasteiger partial charge on any atom is 0.345 e. The van der Waals surface area contributed by atoms with Gasteiger partial charge < -0.3 is 45.5 Å². The Morgan fingerprint density at radius 3 is 2.16 bits per heavy atom. The third-order valence-electron chi connectivity index (χ3n) is 8.47. The lowest BCUT2D eigenvalue weighted by Crippen LogP contribution is -2.43. The molecule has 370 valence electrons. The number of nitro benzene ring substituents is 1. The van der Waals surface area contributed by atoms with Crippen LogP contribution in [0.4, 0.5) is 23.3 Å². The highest BCUT2D eigenvalue weighted by Gasteiger charge is 2.25. The van der Waals surface area contributed by atoms with Crippen LogP contribution in [0.25, 0.3) is 0 Å². The van der Waals surface area contributed by atoms with Gasteiger partial charge in [0, 0.05) is 49.2 Å². The molecule has 1 aromatic heterocycles. The number of methoxy groups -OCH3 is 2. The van der Waals surface area contributed by atoms with E-state index in [4.69, 9.17) is 71.6 Å². The van der Waals surface area contributed by atoms with Crippen molar-refractivity contribution in [1.82, 2.24) is 15.0 Å². The number of nitrogens with two attached hydrogens (primary N) is 1. The first kappa shape index (κ1) is 60.2. The van der Waals surface area contributed by atoms with E-state index in [1.54, 1.807) is 24.1 Å². The topological polar surface area (TPSA) is 272 Å². The minimum absolute atomic E-state index is 0.0223. The zero-order valence-electron chi connectivity index (χ0n) is 38.9. The number of aliphatic carboxylic acids is 1. The summed E-state index contributed by atoms with van der Waals surface area (Å²) in [5.41, 5.74) is 7.61. The first-order valence-electron chi connectivity index (χ1n) is 20.4. The van der Waals surface area contributed by atoms with Gasteiger partial charge in [-0.1, -0.05) is 48.3 Å². The van der Waals surface area contributed by atoms with Gasteiger partial charge in [0.2, 0.25) is 23.1 Å². The van der Waals surface area contributed by atoms with Crippen molar-refractivity contribution in [3.63, 3.8) is 0 Å². The molecular formula is C43H59Cl4N8O11P. The molecule has 3 atom stereocenters. The molecule has 24 heteroatoms. The Kier molecular flexibility index (Phi) is 26.2. The van der Waals surface area contributed by atoms with Crippen LogP contribution in [0.1, 0.15) is 69.4 Å². The Hall–Kier alpha value is -4.85. The number of anilines is 3. The number of carboxylic acid groups (broad SMARTS) is 1. The number of alkyl halides is 1. The number of carbonyl (C=O) groups is 3. The first-order valence-corrected chi connectivity index (χ1v) is 24.3. The summed E-state index contributed by atoms with van der Waals surface area (Å²) in [6.45, 7) is 16.5. The SMILES string of the molecule is CCNc1nc(Cl)nc(NC(C)(C)C)n1.CCc1cccc(C)c1N(C(=O)CCl)C(C)COC.COC(=O)c1cc(Oc2ccc(Cl)cc2Cl)ccc1[N+](=O)[O-].CP(=O)(O)CCC(N)C(=O)O. The summed E-state index contributed by atoms with van der Waals surface area (Å²) in [5.74, 6) is -0.604. The van der Waals surface area contributed by atoms with Gasteiger partial charge in [-0.15, -0.1) is 11.6 Å². The number of hydrogen-bond acceptors (Lipinski definition) is 15. The number of rotatable bonds is 17. The number of carbonyl (C=O) groups excluding carboxylic acids is 2. The Bertz CT molecular complexity index is 2320. The highest BCUT2D eigenvalue weighted by Crippen LogP contribution is 2.36. The van der Waals surface area contributed by atoms with Gasteiger partial charge in [0.05, 0.1) is 35.4 Å². The summed E-state index contributed by atoms with van der Waals surface area (Å²) in [5, 5.41) is 26.2. The Labute approximate surface area is 410 Å². The van der Waals surface area contributed by atoms with Crippen molar-refractivity contribution in [3.8, 4) is 11.5 Å². The smallest absolute Gasteiger partial charge is 0.345 e. The van der Waals surface area contributed by atoms with Gasteiger partial charge in [0.25, 0.3) is 5.69 Å². The van der Waals surface area contributed by atoms with Crippen molar-refractivity contribution >= 4 is 94.9 Å². The number of nitro groups is 1. The molecule has 19 nitrogen and oxygen atoms in total. The second-order valence-electron chi connectivity index (χ2n) is 15.4. The largest absolute Gasteiger partial charge is 0.480 e. The van der Waals surface area contributed by atoms with E-state index in [9.17, 15) is 29.1 Å². The number of nitrogens with zero attached hydrogens (tertiary/aromatic N) is 5. The predicted octanol–water partition coefficient (Wildman–Crippen LogP) is 9.50. The number of ether oxygens (including phenoxy) is 3. The van der Waals surface area contributed by atoms with Crippen molar-refractivity contribution in [2.24, 2.45) is 5.73 Å². The molecule has 0 fully saturated rings. The summed E-state index contributed by atoms with van der Waals surface area (Å²) in [7, 11) is -0.331. The molecule has 4 aromatic rings. The number of halogens is 4. The summed E-state index contributed by atoms with van der Waals surface area (Å²) < 4.78 is 25.9. The summed E-state index contributed by atoms with van der Waals surface area (Å²) in [4.78, 5) is 66.8. The average Bonchev–Trinajstić information content (AvgIpc) is 3.23. The summed E-state index contributed by atoms with van der Waals surface area (Å²) in [6, 6.07) is 13.4. The standard InChI is InChI=1S/C15H22ClNO2.C14H9Cl2NO5.C9H16ClN5.C5H12NO4P/c1-5-13-8-6-7-11(2)15(13)17(14(18)9-16)12(3)10-19-4;1-21-14(18)10-7-9(3-4-12(10)17(19)20)22-13-5-2-8(15)6-11(13)16;1-5-11-7-12-6(10)13-8(14-7)15-9(2,3)4;1-11(9,10)3-2-4(6)5(7)8/h6-8,12H,5,9-10H2,1-4H3;2-7H,1H3;5H2,1-4H3,(H2,11,12,13,14,15);4H,2-3,6H2,1H3,(H,7,8)(H,9,10). The molecule has 0 aliphatic heterocycles. The molecule has 0 spiro atoms. The molecule has 67 heavy (non-hydrogen) atoms. The number of hydrogen-bond donors (Lipinski definition) is 5. The Morgan fingerprint density at radius 2 is 1.66 bits per heavy atom. The average molecular weight is 1040 g/mol. The van der Waals surface area contributed by atoms with Gasteiger partial charge in [-0.25, -0.2) is 4.79 Å². The van der Waals surface area contributed by atoms with Gasteiger partial charge >= 0.3 is 11.9 Å². The number of benzene rings is 3. The van der Waals surface area contributed by atoms with Gasteiger partial charge in [0.1, 0.15) is 29.0 Å². The molecule has 0 saturated carbocycles. The molecule has 3 aromatic carbocycles. The van der Waals surface area contributed by atoms with Crippen LogP contribution < -0.4 is 26.0 Å². The summed E-state index contributed by atoms with van der Waals surface area (Å²) in [6.07, 6.45) is 0.878. The van der Waals surface area contributed by atoms with Gasteiger partial charge in [0.15, 0.2) is 7.37 Å². The number of para-hydroxylation sites is 1. The Morgan fingerprint density at radius 1 is 1.01 bits per heavy atom.